The molecule has 34 heavy (non-hydrogen) atoms. The van der Waals surface area contributed by atoms with Crippen LogP contribution in [0, 0.1) is 25.7 Å². The lowest BCUT2D eigenvalue weighted by atomic mass is 10.0. The molecule has 4 heteroatoms. The summed E-state index contributed by atoms with van der Waals surface area (Å²) in [6.45, 7) is 23.9. The van der Waals surface area contributed by atoms with Crippen LogP contribution in [0.3, 0.4) is 0 Å². The monoisotopic (exact) mass is 472 g/mol. The summed E-state index contributed by atoms with van der Waals surface area (Å²) in [5, 5.41) is 8.63. The van der Waals surface area contributed by atoms with E-state index in [-0.39, 0.29) is 6.10 Å². The van der Waals surface area contributed by atoms with E-state index >= 15 is 0 Å². The summed E-state index contributed by atoms with van der Waals surface area (Å²) in [5.41, 5.74) is 5.19. The molecule has 0 aliphatic heterocycles. The minimum Gasteiger partial charge on any atom is -0.393 e. The molecule has 0 saturated heterocycles. The molecule has 1 atom stereocenters. The van der Waals surface area contributed by atoms with Crippen LogP contribution in [-0.4, -0.2) is 33.9 Å². The van der Waals surface area contributed by atoms with Gasteiger partial charge in [-0.25, -0.2) is 0 Å². The van der Waals surface area contributed by atoms with E-state index in [0.29, 0.717) is 23.9 Å². The van der Waals surface area contributed by atoms with Gasteiger partial charge < -0.3 is 9.84 Å². The number of aryl methyl sites for hydroxylation is 2. The molecule has 0 spiro atoms. The molecule has 2 aromatic heterocycles. The fraction of sp³-hybridized carbons (Fsp3) is 0.667. The molecule has 1 unspecified atom stereocenters. The molecule has 0 amide bonds. The first kappa shape index (κ1) is 32.2. The van der Waals surface area contributed by atoms with Crippen molar-refractivity contribution in [3.63, 3.8) is 0 Å². The molecule has 2 aromatic rings. The van der Waals surface area contributed by atoms with Gasteiger partial charge >= 0.3 is 0 Å². The lowest BCUT2D eigenvalue weighted by Gasteiger charge is -2.06. The maximum Gasteiger partial charge on any atom is 0.0535 e. The topological polar surface area (TPSA) is 55.2 Å². The van der Waals surface area contributed by atoms with Gasteiger partial charge in [-0.15, -0.1) is 0 Å². The van der Waals surface area contributed by atoms with Gasteiger partial charge in [0.25, 0.3) is 0 Å². The number of aliphatic hydroxyl groups excluding tert-OH is 1. The quantitative estimate of drug-likeness (QED) is 0.464. The smallest absolute Gasteiger partial charge is 0.0535 e. The fourth-order valence-corrected chi connectivity index (χ4v) is 2.80. The summed E-state index contributed by atoms with van der Waals surface area (Å²) in [4.78, 5) is 8.34. The van der Waals surface area contributed by atoms with E-state index in [9.17, 15) is 0 Å². The van der Waals surface area contributed by atoms with Gasteiger partial charge in [0, 0.05) is 30.9 Å². The van der Waals surface area contributed by atoms with Gasteiger partial charge in [-0.1, -0.05) is 47.6 Å². The number of rotatable bonds is 6. The normalized spacial score (nSPS) is 13.5. The van der Waals surface area contributed by atoms with Crippen LogP contribution in [0.4, 0.5) is 0 Å². The lowest BCUT2D eigenvalue weighted by Crippen LogP contribution is -2.07. The standard InChI is InChI=1S/2C9H13N.C7H14O.C5H12O/c1-7(2)9-6-10-5-4-8(9)3;1-7(2)9-8(3)5-4-6-10-9;1-6(2)8-5-7-3-4-7;1-4(2)5(3)6/h2*4-7H,1-3H3;6-7H,3-5H2,1-2H3;4-6H,1-3H3. The average molecular weight is 473 g/mol. The first-order chi connectivity index (χ1) is 15.9. The Hall–Kier alpha value is -1.78. The molecule has 1 aliphatic rings. The number of hydrogen-bond acceptors (Lipinski definition) is 4. The second kappa shape index (κ2) is 17.6. The largest absolute Gasteiger partial charge is 0.393 e. The van der Waals surface area contributed by atoms with Crippen molar-refractivity contribution in [2.75, 3.05) is 6.61 Å². The maximum atomic E-state index is 8.63. The second-order valence-electron chi connectivity index (χ2n) is 10.6. The van der Waals surface area contributed by atoms with Crippen molar-refractivity contribution in [1.82, 2.24) is 9.97 Å². The van der Waals surface area contributed by atoms with Crippen LogP contribution in [0.2, 0.25) is 0 Å². The molecule has 1 fully saturated rings. The van der Waals surface area contributed by atoms with Crippen LogP contribution >= 0.6 is 0 Å². The first-order valence-corrected chi connectivity index (χ1v) is 13.0. The molecule has 1 N–H and O–H groups in total. The molecule has 4 nitrogen and oxygen atoms in total. The predicted octanol–water partition coefficient (Wildman–Crippen LogP) is 7.87. The number of pyridine rings is 2. The third-order valence-electron chi connectivity index (χ3n) is 5.63. The number of aromatic nitrogens is 2. The summed E-state index contributed by atoms with van der Waals surface area (Å²) in [5.74, 6) is 2.46. The van der Waals surface area contributed by atoms with Crippen LogP contribution in [-0.2, 0) is 4.74 Å². The number of ether oxygens (including phenoxy) is 1. The lowest BCUT2D eigenvalue weighted by molar-refractivity contribution is 0.0707. The Morgan fingerprint density at radius 3 is 1.79 bits per heavy atom. The van der Waals surface area contributed by atoms with Crippen LogP contribution in [0.25, 0.3) is 0 Å². The maximum absolute atomic E-state index is 8.63. The SMILES string of the molecule is CC(C)C(C)O.CC(C)OCC1CC1.Cc1cccnc1C(C)C.Cc1ccncc1C(C)C. The van der Waals surface area contributed by atoms with E-state index in [0.717, 1.165) is 12.5 Å². The fourth-order valence-electron chi connectivity index (χ4n) is 2.80. The molecular weight excluding hydrogens is 420 g/mol. The highest BCUT2D eigenvalue weighted by molar-refractivity contribution is 5.24. The van der Waals surface area contributed by atoms with Crippen molar-refractivity contribution in [3.05, 3.63) is 59.2 Å². The highest BCUT2D eigenvalue weighted by atomic mass is 16.5. The van der Waals surface area contributed by atoms with Gasteiger partial charge in [0.2, 0.25) is 0 Å². The number of hydrogen-bond donors (Lipinski definition) is 1. The Morgan fingerprint density at radius 1 is 0.882 bits per heavy atom. The summed E-state index contributed by atoms with van der Waals surface area (Å²) < 4.78 is 5.37. The molecule has 1 aliphatic carbocycles. The molecule has 2 heterocycles. The zero-order valence-corrected chi connectivity index (χ0v) is 23.8. The molecule has 0 bridgehead atoms. The van der Waals surface area contributed by atoms with Crippen molar-refractivity contribution in [1.29, 1.82) is 0 Å². The number of nitrogens with zero attached hydrogens (tertiary/aromatic N) is 2. The second-order valence-corrected chi connectivity index (χ2v) is 10.6. The van der Waals surface area contributed by atoms with Gasteiger partial charge in [-0.2, -0.15) is 0 Å². The minimum atomic E-state index is -0.148. The van der Waals surface area contributed by atoms with Gasteiger partial charge in [-0.3, -0.25) is 9.97 Å². The molecule has 194 valence electrons. The average Bonchev–Trinajstić information content (AvgIpc) is 3.58. The van der Waals surface area contributed by atoms with Gasteiger partial charge in [0.05, 0.1) is 12.2 Å². The van der Waals surface area contributed by atoms with E-state index in [1.54, 1.807) is 6.92 Å². The van der Waals surface area contributed by atoms with Crippen molar-refractivity contribution < 1.29 is 9.84 Å². The Kier molecular flexibility index (Phi) is 16.7. The van der Waals surface area contributed by atoms with E-state index in [1.165, 1.54) is 35.2 Å². The molecular formula is C30H52N2O2. The van der Waals surface area contributed by atoms with Crippen molar-refractivity contribution in [2.45, 2.75) is 113 Å². The van der Waals surface area contributed by atoms with Crippen molar-refractivity contribution >= 4 is 0 Å². The molecule has 3 rings (SSSR count). The van der Waals surface area contributed by atoms with E-state index in [4.69, 9.17) is 9.84 Å². The minimum absolute atomic E-state index is 0.148. The van der Waals surface area contributed by atoms with Gasteiger partial charge in [-0.05, 0) is 100.0 Å². The molecule has 0 aromatic carbocycles. The highest BCUT2D eigenvalue weighted by Crippen LogP contribution is 2.29. The van der Waals surface area contributed by atoms with E-state index < -0.39 is 0 Å². The van der Waals surface area contributed by atoms with Crippen molar-refractivity contribution in [3.8, 4) is 0 Å². The van der Waals surface area contributed by atoms with E-state index in [1.807, 2.05) is 38.5 Å². The summed E-state index contributed by atoms with van der Waals surface area (Å²) >= 11 is 0. The summed E-state index contributed by atoms with van der Waals surface area (Å²) in [6.07, 6.45) is 8.70. The number of aliphatic hydroxyl groups is 1. The van der Waals surface area contributed by atoms with Crippen LogP contribution in [0.5, 0.6) is 0 Å². The highest BCUT2D eigenvalue weighted by Gasteiger charge is 2.21. The molecule has 0 radical (unpaired) electrons. The van der Waals surface area contributed by atoms with Crippen molar-refractivity contribution in [2.24, 2.45) is 11.8 Å². The predicted molar refractivity (Wildman–Crippen MR) is 146 cm³/mol. The third kappa shape index (κ3) is 16.0. The Morgan fingerprint density at radius 2 is 1.47 bits per heavy atom. The first-order valence-electron chi connectivity index (χ1n) is 13.0. The Bertz CT molecular complexity index is 708. The van der Waals surface area contributed by atoms with E-state index in [2.05, 4.69) is 77.5 Å². The third-order valence-corrected chi connectivity index (χ3v) is 5.63. The van der Waals surface area contributed by atoms with Crippen LogP contribution in [0.1, 0.15) is 109 Å². The molecule has 1 saturated carbocycles. The van der Waals surface area contributed by atoms with Gasteiger partial charge in [0.1, 0.15) is 0 Å². The summed E-state index contributed by atoms with van der Waals surface area (Å²) in [6, 6.07) is 6.12. The Labute approximate surface area is 210 Å². The summed E-state index contributed by atoms with van der Waals surface area (Å²) in [7, 11) is 0. The van der Waals surface area contributed by atoms with Crippen LogP contribution < -0.4 is 0 Å². The zero-order valence-electron chi connectivity index (χ0n) is 23.8. The van der Waals surface area contributed by atoms with Crippen LogP contribution in [0.15, 0.2) is 36.8 Å². The zero-order chi connectivity index (χ0) is 26.3. The van der Waals surface area contributed by atoms with Gasteiger partial charge in [0.15, 0.2) is 0 Å². The Balaban J connectivity index is 0.000000435.